The van der Waals surface area contributed by atoms with Gasteiger partial charge in [0.15, 0.2) is 6.29 Å². The van der Waals surface area contributed by atoms with Crippen LogP contribution in [-0.4, -0.2) is 51.1 Å². The number of rotatable bonds is 9. The maximum absolute atomic E-state index is 10.3. The van der Waals surface area contributed by atoms with Crippen LogP contribution < -0.4 is 16.0 Å². The first kappa shape index (κ1) is 39.7. The molecule has 59 heavy (non-hydrogen) atoms. The van der Waals surface area contributed by atoms with Crippen molar-refractivity contribution in [3.8, 4) is 0 Å². The molecule has 0 radical (unpaired) electrons. The highest BCUT2D eigenvalue weighted by molar-refractivity contribution is 7.13. The third-order valence-corrected chi connectivity index (χ3v) is 12.5. The fourth-order valence-corrected chi connectivity index (χ4v) is 8.80. The van der Waals surface area contributed by atoms with Gasteiger partial charge in [-0.05, 0) is 51.0 Å². The SMILES string of the molecule is CCc1nc(C)c(C=O)s1.CCc1nc(C)c(CN2Cc3ncnc(Nc4cnc5ccccc5c4)c3C2)s1.c1ccc2ncc(Nc3ncnc4c3CNC4)cc2c1. The molecule has 15 heteroatoms. The molecule has 2 aliphatic rings. The zero-order valence-electron chi connectivity index (χ0n) is 33.4. The molecule has 0 aliphatic carbocycles. The highest BCUT2D eigenvalue weighted by Crippen LogP contribution is 2.31. The van der Waals surface area contributed by atoms with E-state index in [1.807, 2.05) is 74.0 Å². The van der Waals surface area contributed by atoms with Crippen LogP contribution in [0.15, 0.2) is 85.7 Å². The molecule has 0 atom stereocenters. The Bertz CT molecular complexity index is 2750. The Kier molecular flexibility index (Phi) is 12.2. The Labute approximate surface area is 350 Å². The van der Waals surface area contributed by atoms with E-state index in [1.54, 1.807) is 12.7 Å². The molecule has 0 unspecified atom stereocenters. The van der Waals surface area contributed by atoms with E-state index in [2.05, 4.69) is 98.8 Å². The second-order valence-corrected chi connectivity index (χ2v) is 16.4. The lowest BCUT2D eigenvalue weighted by Gasteiger charge is -2.13. The van der Waals surface area contributed by atoms with Gasteiger partial charge in [-0.2, -0.15) is 0 Å². The highest BCUT2D eigenvalue weighted by Gasteiger charge is 2.25. The zero-order valence-corrected chi connectivity index (χ0v) is 35.0. The Morgan fingerprint density at radius 1 is 0.695 bits per heavy atom. The third kappa shape index (κ3) is 9.29. The Balaban J connectivity index is 0.000000139. The van der Waals surface area contributed by atoms with Crippen molar-refractivity contribution in [2.24, 2.45) is 0 Å². The molecule has 3 N–H and O–H groups in total. The number of benzene rings is 2. The minimum atomic E-state index is 0.761. The summed E-state index contributed by atoms with van der Waals surface area (Å²) in [4.78, 5) is 50.3. The Hall–Kier alpha value is -6.13. The van der Waals surface area contributed by atoms with Crippen molar-refractivity contribution < 1.29 is 4.79 Å². The third-order valence-electron chi connectivity index (χ3n) is 10.0. The number of thiazole rings is 2. The first-order valence-electron chi connectivity index (χ1n) is 19.6. The number of para-hydroxylation sites is 2. The molecule has 2 aliphatic heterocycles. The summed E-state index contributed by atoms with van der Waals surface area (Å²) in [6.07, 6.45) is 9.71. The summed E-state index contributed by atoms with van der Waals surface area (Å²) >= 11 is 3.30. The Morgan fingerprint density at radius 3 is 1.88 bits per heavy atom. The van der Waals surface area contributed by atoms with Gasteiger partial charge in [0, 0.05) is 59.5 Å². The number of carbonyl (C=O) groups excluding carboxylic acids is 1. The summed E-state index contributed by atoms with van der Waals surface area (Å²) in [6, 6.07) is 20.4. The topological polar surface area (TPSA) is 160 Å². The second kappa shape index (κ2) is 18.2. The van der Waals surface area contributed by atoms with Crippen LogP contribution in [-0.2, 0) is 45.6 Å². The fourth-order valence-electron chi connectivity index (χ4n) is 6.93. The summed E-state index contributed by atoms with van der Waals surface area (Å²) in [6.45, 7) is 12.3. The Morgan fingerprint density at radius 2 is 1.29 bits per heavy atom. The molecule has 0 amide bonds. The van der Waals surface area contributed by atoms with Gasteiger partial charge >= 0.3 is 0 Å². The van der Waals surface area contributed by atoms with E-state index >= 15 is 0 Å². The van der Waals surface area contributed by atoms with E-state index in [1.165, 1.54) is 26.8 Å². The van der Waals surface area contributed by atoms with Crippen molar-refractivity contribution in [2.45, 2.75) is 73.3 Å². The average molecular weight is 821 g/mol. The molecule has 298 valence electrons. The number of aldehydes is 1. The lowest BCUT2D eigenvalue weighted by Crippen LogP contribution is -2.15. The zero-order chi connectivity index (χ0) is 40.7. The number of fused-ring (bicyclic) bond motifs is 4. The van der Waals surface area contributed by atoms with Gasteiger partial charge in [0.25, 0.3) is 0 Å². The molecule has 0 saturated carbocycles. The number of hydrogen-bond acceptors (Lipinski definition) is 15. The lowest BCUT2D eigenvalue weighted by atomic mass is 10.2. The predicted octanol–water partition coefficient (Wildman–Crippen LogP) is 8.81. The monoisotopic (exact) mass is 820 g/mol. The van der Waals surface area contributed by atoms with Crippen LogP contribution in [0.5, 0.6) is 0 Å². The van der Waals surface area contributed by atoms with Crippen LogP contribution in [0.4, 0.5) is 23.0 Å². The fraction of sp³-hybridized carbons (Fsp3) is 0.250. The number of nitrogens with one attached hydrogen (secondary N) is 3. The van der Waals surface area contributed by atoms with E-state index in [4.69, 9.17) is 0 Å². The number of aromatic nitrogens is 8. The molecule has 0 spiro atoms. The van der Waals surface area contributed by atoms with Crippen LogP contribution in [0.25, 0.3) is 21.8 Å². The first-order chi connectivity index (χ1) is 28.9. The van der Waals surface area contributed by atoms with Crippen LogP contribution in [0, 0.1) is 13.8 Å². The summed E-state index contributed by atoms with van der Waals surface area (Å²) in [5.41, 5.74) is 10.3. The number of nitrogens with zero attached hydrogens (tertiary/aromatic N) is 9. The largest absolute Gasteiger partial charge is 0.339 e. The lowest BCUT2D eigenvalue weighted by molar-refractivity contribution is 0.112. The summed E-state index contributed by atoms with van der Waals surface area (Å²) in [7, 11) is 0. The molecule has 13 nitrogen and oxygen atoms in total. The van der Waals surface area contributed by atoms with Gasteiger partial charge in [0.2, 0.25) is 0 Å². The van der Waals surface area contributed by atoms with E-state index in [9.17, 15) is 4.79 Å². The summed E-state index contributed by atoms with van der Waals surface area (Å²) in [5, 5.41) is 14.6. The second-order valence-electron chi connectivity index (χ2n) is 14.1. The molecular weight excluding hydrogens is 777 g/mol. The van der Waals surface area contributed by atoms with Crippen molar-refractivity contribution in [1.82, 2.24) is 50.1 Å². The van der Waals surface area contributed by atoms with E-state index in [-0.39, 0.29) is 0 Å². The standard InChI is InChI=1S/C22H22N6S.C15H13N5.C7H9NOS/c1-3-21-26-14(2)20(29-21)12-28-10-17-19(11-28)24-13-25-22(17)27-16-8-15-6-4-5-7-18(15)23-9-16;1-2-4-13-10(3-1)5-11(6-17-13)20-15-12-7-16-8-14(12)18-9-19-15;1-3-7-8-5(2)6(4-9)10-7/h4-9,13H,3,10-12H2,1-2H3,(H,24,25,27);1-6,9,16H,7-8H2,(H,18,19,20);4H,3H2,1-2H3. The van der Waals surface area contributed by atoms with Crippen LogP contribution >= 0.6 is 22.7 Å². The number of anilines is 4. The van der Waals surface area contributed by atoms with Crippen LogP contribution in [0.1, 0.15) is 72.3 Å². The maximum Gasteiger partial charge on any atom is 0.161 e. The van der Waals surface area contributed by atoms with Crippen LogP contribution in [0.3, 0.4) is 0 Å². The molecular formula is C44H44N12OS2. The van der Waals surface area contributed by atoms with Gasteiger partial charge in [0.05, 0.1) is 72.5 Å². The van der Waals surface area contributed by atoms with Gasteiger partial charge in [-0.1, -0.05) is 50.2 Å². The van der Waals surface area contributed by atoms with E-state index < -0.39 is 0 Å². The minimum absolute atomic E-state index is 0.761. The number of aryl methyl sites for hydroxylation is 4. The quantitative estimate of drug-likeness (QED) is 0.119. The molecule has 0 fully saturated rings. The maximum atomic E-state index is 10.3. The molecule has 2 aromatic carbocycles. The summed E-state index contributed by atoms with van der Waals surface area (Å²) in [5.74, 6) is 1.72. The van der Waals surface area contributed by atoms with Gasteiger partial charge in [0.1, 0.15) is 24.3 Å². The van der Waals surface area contributed by atoms with Crippen molar-refractivity contribution >= 4 is 73.8 Å². The summed E-state index contributed by atoms with van der Waals surface area (Å²) < 4.78 is 0. The van der Waals surface area contributed by atoms with Crippen molar-refractivity contribution in [3.05, 3.63) is 139 Å². The number of pyridine rings is 2. The van der Waals surface area contributed by atoms with E-state index in [0.29, 0.717) is 0 Å². The number of hydrogen-bond donors (Lipinski definition) is 3. The molecule has 10 rings (SSSR count). The van der Waals surface area contributed by atoms with Crippen molar-refractivity contribution in [3.63, 3.8) is 0 Å². The molecule has 0 saturated heterocycles. The first-order valence-corrected chi connectivity index (χ1v) is 21.2. The normalized spacial score (nSPS) is 12.9. The smallest absolute Gasteiger partial charge is 0.161 e. The van der Waals surface area contributed by atoms with Crippen molar-refractivity contribution in [2.75, 3.05) is 10.6 Å². The highest BCUT2D eigenvalue weighted by atomic mass is 32.1. The van der Waals surface area contributed by atoms with Gasteiger partial charge in [-0.25, -0.2) is 29.9 Å². The van der Waals surface area contributed by atoms with E-state index in [0.717, 1.165) is 135 Å². The van der Waals surface area contributed by atoms with Gasteiger partial charge in [-0.3, -0.25) is 19.7 Å². The molecule has 8 heterocycles. The minimum Gasteiger partial charge on any atom is -0.339 e. The van der Waals surface area contributed by atoms with Crippen LogP contribution in [0.2, 0.25) is 0 Å². The average Bonchev–Trinajstić information content (AvgIpc) is 4.08. The van der Waals surface area contributed by atoms with Crippen molar-refractivity contribution in [1.29, 1.82) is 0 Å². The van der Waals surface area contributed by atoms with Gasteiger partial charge < -0.3 is 16.0 Å². The molecule has 0 bridgehead atoms. The molecule has 6 aromatic heterocycles. The number of carbonyl (C=O) groups is 1. The predicted molar refractivity (Wildman–Crippen MR) is 235 cm³/mol. The molecule has 8 aromatic rings. The van der Waals surface area contributed by atoms with Gasteiger partial charge in [-0.15, -0.1) is 22.7 Å².